The number of para-hydroxylation sites is 1. The molecule has 0 amide bonds. The quantitative estimate of drug-likeness (QED) is 0.169. The van der Waals surface area contributed by atoms with E-state index in [-0.39, 0.29) is 5.41 Å². The van der Waals surface area contributed by atoms with Gasteiger partial charge >= 0.3 is 0 Å². The molecule has 5 aromatic carbocycles. The lowest BCUT2D eigenvalue weighted by atomic mass is 9.81. The van der Waals surface area contributed by atoms with Crippen molar-refractivity contribution in [3.63, 3.8) is 0 Å². The van der Waals surface area contributed by atoms with Gasteiger partial charge in [0.2, 0.25) is 0 Å². The van der Waals surface area contributed by atoms with Crippen LogP contribution in [0.3, 0.4) is 0 Å². The summed E-state index contributed by atoms with van der Waals surface area (Å²) in [6, 6.07) is 45.6. The molecule has 0 atom stereocenters. The van der Waals surface area contributed by atoms with Crippen molar-refractivity contribution in [3.05, 3.63) is 187 Å². The van der Waals surface area contributed by atoms with Crippen molar-refractivity contribution in [1.82, 2.24) is 29.5 Å². The lowest BCUT2D eigenvalue weighted by Crippen LogP contribution is -2.17. The number of allylic oxidation sites excluding steroid dienone is 4. The molecule has 0 bridgehead atoms. The fourth-order valence-corrected chi connectivity index (χ4v) is 9.17. The average Bonchev–Trinajstić information content (AvgIpc) is 3.75. The first kappa shape index (κ1) is 34.0. The normalized spacial score (nSPS) is 14.1. The number of hydrogen-bond donors (Lipinski definition) is 0. The van der Waals surface area contributed by atoms with Gasteiger partial charge in [0.1, 0.15) is 0 Å². The van der Waals surface area contributed by atoms with Crippen LogP contribution in [0, 0.1) is 0 Å². The molecular formula is C52H38N6. The summed E-state index contributed by atoms with van der Waals surface area (Å²) in [5.74, 6) is 1.69. The zero-order valence-electron chi connectivity index (χ0n) is 32.3. The van der Waals surface area contributed by atoms with Gasteiger partial charge in [-0.15, -0.1) is 0 Å². The molecule has 0 fully saturated rings. The van der Waals surface area contributed by atoms with E-state index in [9.17, 15) is 0 Å². The molecule has 58 heavy (non-hydrogen) atoms. The largest absolute Gasteiger partial charge is 0.308 e. The summed E-state index contributed by atoms with van der Waals surface area (Å²) in [6.45, 7) is 4.77. The Hall–Kier alpha value is -7.31. The van der Waals surface area contributed by atoms with Crippen LogP contribution in [0.15, 0.2) is 170 Å². The fraction of sp³-hybridized carbons (Fsp3) is 0.0962. The Morgan fingerprint density at radius 2 is 1.19 bits per heavy atom. The van der Waals surface area contributed by atoms with Gasteiger partial charge in [-0.25, -0.2) is 15.0 Å². The molecule has 9 aromatic rings. The molecular weight excluding hydrogens is 709 g/mol. The molecule has 0 N–H and O–H groups in total. The number of rotatable bonds is 6. The fourth-order valence-electron chi connectivity index (χ4n) is 9.17. The van der Waals surface area contributed by atoms with E-state index in [0.29, 0.717) is 17.5 Å². The second-order valence-corrected chi connectivity index (χ2v) is 15.6. The van der Waals surface area contributed by atoms with Crippen molar-refractivity contribution in [3.8, 4) is 62.1 Å². The highest BCUT2D eigenvalue weighted by Gasteiger charge is 2.39. The Labute approximate surface area is 337 Å². The van der Waals surface area contributed by atoms with Crippen molar-refractivity contribution in [2.75, 3.05) is 0 Å². The van der Waals surface area contributed by atoms with Gasteiger partial charge in [0.25, 0.3) is 0 Å². The lowest BCUT2D eigenvalue weighted by molar-refractivity contribution is 0.664. The molecule has 0 spiro atoms. The molecule has 0 aliphatic heterocycles. The number of hydrogen-bond acceptors (Lipinski definition) is 5. The smallest absolute Gasteiger partial charge is 0.165 e. The Morgan fingerprint density at radius 3 is 1.90 bits per heavy atom. The topological polar surface area (TPSA) is 69.4 Å². The molecule has 0 saturated carbocycles. The second-order valence-electron chi connectivity index (χ2n) is 15.6. The zero-order chi connectivity index (χ0) is 38.8. The predicted octanol–water partition coefficient (Wildman–Crippen LogP) is 12.5. The van der Waals surface area contributed by atoms with Crippen molar-refractivity contribution >= 4 is 27.4 Å². The van der Waals surface area contributed by atoms with Crippen LogP contribution in [-0.4, -0.2) is 29.5 Å². The van der Waals surface area contributed by atoms with E-state index in [0.717, 1.165) is 51.9 Å². The van der Waals surface area contributed by atoms with Crippen LogP contribution in [0.2, 0.25) is 0 Å². The third kappa shape index (κ3) is 5.36. The SMILES string of the molecule is CC1(C)c2ccccc2-c2ccc3c4ccccc4n(-c4c(C5=CCCC=C5)cc(-c5nc(-c6cccnc6)nc(-c6cccnc6)n5)cc4-c4ccccc4)c3c21. The van der Waals surface area contributed by atoms with E-state index in [1.807, 2.05) is 24.3 Å². The summed E-state index contributed by atoms with van der Waals surface area (Å²) in [6.07, 6.45) is 16.1. The minimum Gasteiger partial charge on any atom is -0.308 e. The number of nitrogens with zero attached hydrogens (tertiary/aromatic N) is 6. The third-order valence-corrected chi connectivity index (χ3v) is 11.8. The third-order valence-electron chi connectivity index (χ3n) is 11.8. The van der Waals surface area contributed by atoms with Gasteiger partial charge in [-0.2, -0.15) is 0 Å². The van der Waals surface area contributed by atoms with Crippen LogP contribution in [0.5, 0.6) is 0 Å². The Kier molecular flexibility index (Phi) is 7.86. The standard InChI is InChI=1S/C52H38N6/c1-52(2)44-23-11-9-21-38(44)40-25-26-41-39-22-10-12-24-45(39)58(48(41)46(40)52)47-42(33-15-5-3-6-16-33)29-37(30-43(47)34-17-7-4-8-18-34)51-56-49(35-19-13-27-53-31-35)55-50(57-51)36-20-14-28-54-32-36/h3,5-7,9-32H,4,8H2,1-2H3. The highest BCUT2D eigenvalue weighted by molar-refractivity contribution is 6.14. The number of aromatic nitrogens is 6. The average molecular weight is 747 g/mol. The van der Waals surface area contributed by atoms with E-state index in [1.54, 1.807) is 24.8 Å². The van der Waals surface area contributed by atoms with Crippen LogP contribution in [0.4, 0.5) is 0 Å². The molecule has 6 nitrogen and oxygen atoms in total. The summed E-state index contributed by atoms with van der Waals surface area (Å²) in [4.78, 5) is 24.1. The molecule has 4 aromatic heterocycles. The van der Waals surface area contributed by atoms with Crippen molar-refractivity contribution in [2.24, 2.45) is 0 Å². The summed E-state index contributed by atoms with van der Waals surface area (Å²) in [5, 5.41) is 2.48. The predicted molar refractivity (Wildman–Crippen MR) is 235 cm³/mol. The van der Waals surface area contributed by atoms with Crippen LogP contribution < -0.4 is 0 Å². The minimum atomic E-state index is -0.231. The maximum Gasteiger partial charge on any atom is 0.165 e. The minimum absolute atomic E-state index is 0.231. The summed E-state index contributed by atoms with van der Waals surface area (Å²) in [7, 11) is 0. The molecule has 0 unspecified atom stereocenters. The molecule has 2 aliphatic rings. The van der Waals surface area contributed by atoms with E-state index in [4.69, 9.17) is 15.0 Å². The van der Waals surface area contributed by atoms with Crippen molar-refractivity contribution in [1.29, 1.82) is 0 Å². The summed E-state index contributed by atoms with van der Waals surface area (Å²) >= 11 is 0. The van der Waals surface area contributed by atoms with Gasteiger partial charge in [0.05, 0.1) is 16.7 Å². The van der Waals surface area contributed by atoms with Gasteiger partial charge < -0.3 is 4.57 Å². The molecule has 11 rings (SSSR count). The van der Waals surface area contributed by atoms with Crippen LogP contribution in [-0.2, 0) is 5.41 Å². The molecule has 0 saturated heterocycles. The Bertz CT molecular complexity index is 3070. The lowest BCUT2D eigenvalue weighted by Gasteiger charge is -2.26. The Balaban J connectivity index is 1.28. The molecule has 6 heteroatoms. The van der Waals surface area contributed by atoms with Gasteiger partial charge in [-0.1, -0.05) is 117 Å². The first-order chi connectivity index (χ1) is 28.5. The first-order valence-corrected chi connectivity index (χ1v) is 19.9. The monoisotopic (exact) mass is 746 g/mol. The van der Waals surface area contributed by atoms with E-state index < -0.39 is 0 Å². The highest BCUT2D eigenvalue weighted by Crippen LogP contribution is 2.54. The van der Waals surface area contributed by atoms with Crippen molar-refractivity contribution < 1.29 is 0 Å². The first-order valence-electron chi connectivity index (χ1n) is 19.9. The van der Waals surface area contributed by atoms with E-state index >= 15 is 0 Å². The van der Waals surface area contributed by atoms with Gasteiger partial charge in [-0.05, 0) is 88.7 Å². The number of benzene rings is 5. The van der Waals surface area contributed by atoms with Crippen molar-refractivity contribution in [2.45, 2.75) is 32.1 Å². The molecule has 4 heterocycles. The van der Waals surface area contributed by atoms with Gasteiger partial charge in [0.15, 0.2) is 17.5 Å². The summed E-state index contributed by atoms with van der Waals surface area (Å²) in [5.41, 5.74) is 15.6. The number of pyridine rings is 2. The molecule has 2 aliphatic carbocycles. The summed E-state index contributed by atoms with van der Waals surface area (Å²) < 4.78 is 2.57. The number of fused-ring (bicyclic) bond motifs is 7. The Morgan fingerprint density at radius 1 is 0.534 bits per heavy atom. The maximum atomic E-state index is 5.18. The zero-order valence-corrected chi connectivity index (χ0v) is 32.3. The second kappa shape index (κ2) is 13.4. The maximum absolute atomic E-state index is 5.18. The van der Waals surface area contributed by atoms with E-state index in [2.05, 4.69) is 150 Å². The van der Waals surface area contributed by atoms with E-state index in [1.165, 1.54) is 49.6 Å². The van der Waals surface area contributed by atoms with Crippen LogP contribution >= 0.6 is 0 Å². The molecule has 0 radical (unpaired) electrons. The highest BCUT2D eigenvalue weighted by atomic mass is 15.0. The molecule has 276 valence electrons. The van der Waals surface area contributed by atoms with Gasteiger partial charge in [0, 0.05) is 68.8 Å². The van der Waals surface area contributed by atoms with Gasteiger partial charge in [-0.3, -0.25) is 9.97 Å². The van der Waals surface area contributed by atoms with Crippen LogP contribution in [0.1, 0.15) is 43.4 Å². The van der Waals surface area contributed by atoms with Crippen LogP contribution in [0.25, 0.3) is 89.5 Å².